The van der Waals surface area contributed by atoms with Crippen molar-refractivity contribution in [1.82, 2.24) is 10.6 Å². The van der Waals surface area contributed by atoms with Crippen molar-refractivity contribution in [3.05, 3.63) is 66.1 Å². The second-order valence-electron chi connectivity index (χ2n) is 12.4. The number of Topliss-reactive ketones (excluding diaryl/α,β-unsaturated/α-hetero) is 1. The Morgan fingerprint density at radius 2 is 1.19 bits per heavy atom. The van der Waals surface area contributed by atoms with E-state index in [4.69, 9.17) is 32.8 Å². The number of hydrogen-bond donors (Lipinski definition) is 2. The molecule has 0 aliphatic carbocycles. The van der Waals surface area contributed by atoms with E-state index in [1.165, 1.54) is 21.9 Å². The molecule has 2 aromatic rings. The Bertz CT molecular complexity index is 1710. The summed E-state index contributed by atoms with van der Waals surface area (Å²) in [7, 11) is 0. The van der Waals surface area contributed by atoms with E-state index in [1.807, 2.05) is 9.80 Å². The number of benzene rings is 2. The van der Waals surface area contributed by atoms with Crippen LogP contribution in [-0.2, 0) is 19.1 Å². The van der Waals surface area contributed by atoms with Gasteiger partial charge >= 0.3 is 69.6 Å². The van der Waals surface area contributed by atoms with Gasteiger partial charge in [-0.3, -0.25) is 24.7 Å². The van der Waals surface area contributed by atoms with Crippen LogP contribution in [0.4, 0.5) is 45.9 Å². The Labute approximate surface area is 425 Å². The van der Waals surface area contributed by atoms with Gasteiger partial charge in [-0.1, -0.05) is 0 Å². The van der Waals surface area contributed by atoms with Crippen molar-refractivity contribution in [3.63, 3.8) is 0 Å². The molecule has 21 heteroatoms. The molecule has 0 unspecified atom stereocenters. The number of carbonyl (C=O) groups excluding carboxylic acids is 5. The van der Waals surface area contributed by atoms with E-state index in [0.717, 1.165) is 0 Å². The molecule has 7 rings (SSSR count). The summed E-state index contributed by atoms with van der Waals surface area (Å²) in [5.74, 6) is -1.03. The van der Waals surface area contributed by atoms with Crippen LogP contribution < -0.4 is 81.6 Å². The van der Waals surface area contributed by atoms with Gasteiger partial charge in [-0.15, -0.1) is 13.1 Å². The Morgan fingerprint density at radius 3 is 1.54 bits per heavy atom. The molecule has 5 aliphatic heterocycles. The molecule has 2 atom stereocenters. The number of cyclic esters (lactones) is 2. The van der Waals surface area contributed by atoms with Crippen LogP contribution in [0.5, 0.6) is 0 Å². The summed E-state index contributed by atoms with van der Waals surface area (Å²) < 4.78 is 39.1. The number of hydrogen-bond acceptors (Lipinski definition) is 10. The van der Waals surface area contributed by atoms with E-state index >= 15 is 0 Å². The van der Waals surface area contributed by atoms with Gasteiger partial charge in [0.15, 0.2) is 0 Å². The van der Waals surface area contributed by atoms with Crippen molar-refractivity contribution in [2.45, 2.75) is 43.4 Å². The van der Waals surface area contributed by atoms with E-state index in [2.05, 4.69) is 10.6 Å². The number of anilines is 4. The number of imide groups is 1. The monoisotopic (exact) mass is 1200 g/mol. The minimum atomic E-state index is -0.908. The van der Waals surface area contributed by atoms with Gasteiger partial charge in [0.05, 0.1) is 35.8 Å². The number of amides is 5. The van der Waals surface area contributed by atoms with Gasteiger partial charge in [0.25, 0.3) is 5.91 Å². The molecule has 278 valence electrons. The smallest absolute Gasteiger partial charge is 0.674 e. The first-order chi connectivity index (χ1) is 24.5. The molecule has 2 aromatic carbocycles. The van der Waals surface area contributed by atoms with E-state index < -0.39 is 47.6 Å². The summed E-state index contributed by atoms with van der Waals surface area (Å²) in [6.45, 7) is 7.05. The van der Waals surface area contributed by atoms with Crippen LogP contribution >= 0.6 is 0 Å². The molecule has 54 heavy (non-hydrogen) atoms. The maximum absolute atomic E-state index is 14.7. The summed E-state index contributed by atoms with van der Waals surface area (Å²) >= 11 is 0. The van der Waals surface area contributed by atoms with Gasteiger partial charge in [0.1, 0.15) is 35.2 Å². The zero-order valence-corrected chi connectivity index (χ0v) is 42.2. The molecular formula is C33H36Ac2F2KN9O7-2. The number of nitrogens with zero attached hydrogens (tertiary/aromatic N) is 5. The Balaban J connectivity index is 0.000000345. The molecule has 0 saturated carbocycles. The van der Waals surface area contributed by atoms with Gasteiger partial charge in [0.2, 0.25) is 0 Å². The molecule has 4 N–H and O–H groups in total. The first-order valence-electron chi connectivity index (χ1n) is 16.2. The number of piperidine rings is 2. The largest absolute Gasteiger partial charge is 1.00 e. The quantitative estimate of drug-likeness (QED) is 0.237. The third kappa shape index (κ3) is 11.3. The van der Waals surface area contributed by atoms with Crippen molar-refractivity contribution in [2.24, 2.45) is 0 Å². The summed E-state index contributed by atoms with van der Waals surface area (Å²) in [6.07, 6.45) is -0.467. The molecule has 5 amide bonds. The first kappa shape index (κ1) is 49.1. The molecule has 0 aromatic heterocycles. The molecule has 5 aliphatic rings. The topological polar surface area (TPSA) is 212 Å². The number of ketones is 1. The minimum absolute atomic E-state index is 0. The fourth-order valence-electron chi connectivity index (χ4n) is 6.52. The normalized spacial score (nSPS) is 21.2. The first-order valence-corrected chi connectivity index (χ1v) is 16.2. The van der Waals surface area contributed by atoms with Crippen LogP contribution in [0.1, 0.15) is 25.7 Å². The average Bonchev–Trinajstić information content (AvgIpc) is 3.79. The van der Waals surface area contributed by atoms with Crippen molar-refractivity contribution in [3.8, 4) is 0 Å². The van der Waals surface area contributed by atoms with Crippen molar-refractivity contribution in [2.75, 3.05) is 72.0 Å². The Kier molecular flexibility index (Phi) is 20.2. The van der Waals surface area contributed by atoms with Crippen LogP contribution in [0, 0.1) is 112 Å². The van der Waals surface area contributed by atoms with Crippen LogP contribution in [0.25, 0.3) is 11.5 Å². The minimum Gasteiger partial charge on any atom is -0.674 e. The number of ether oxygens (including phenoxy) is 2. The zero-order valence-electron chi connectivity index (χ0n) is 29.6. The zero-order chi connectivity index (χ0) is 36.9. The molecule has 5 fully saturated rings. The summed E-state index contributed by atoms with van der Waals surface area (Å²) in [6, 6.07) is 8.62. The number of nitrogens with one attached hydrogen (secondary N) is 4. The molecule has 1 spiro atoms. The molecule has 5 saturated heterocycles. The van der Waals surface area contributed by atoms with Gasteiger partial charge < -0.3 is 47.9 Å². The van der Waals surface area contributed by atoms with Crippen LogP contribution in [0.2, 0.25) is 0 Å². The number of rotatable bonds is 6. The molecular weight excluding hydrogens is 1170 g/mol. The third-order valence-electron chi connectivity index (χ3n) is 9.32. The average molecular weight is 1200 g/mol. The predicted octanol–water partition coefficient (Wildman–Crippen LogP) is 0.854. The Morgan fingerprint density at radius 1 is 0.759 bits per heavy atom. The molecule has 16 nitrogen and oxygen atoms in total. The van der Waals surface area contributed by atoms with E-state index in [1.54, 1.807) is 24.3 Å². The molecule has 0 bridgehead atoms. The van der Waals surface area contributed by atoms with Gasteiger partial charge in [0, 0.05) is 127 Å². The second-order valence-corrected chi connectivity index (χ2v) is 12.4. The van der Waals surface area contributed by atoms with Crippen molar-refractivity contribution >= 4 is 52.7 Å². The second kappa shape index (κ2) is 22.2. The number of urea groups is 1. The predicted molar refractivity (Wildman–Crippen MR) is 179 cm³/mol. The maximum Gasteiger partial charge on any atom is 1.00 e. The van der Waals surface area contributed by atoms with Crippen molar-refractivity contribution < 1.29 is 182 Å². The van der Waals surface area contributed by atoms with Gasteiger partial charge in [-0.05, 0) is 49.2 Å². The number of halogens is 2. The van der Waals surface area contributed by atoms with Gasteiger partial charge in [-0.2, -0.15) is 0 Å². The third-order valence-corrected chi connectivity index (χ3v) is 9.32. The maximum atomic E-state index is 14.7. The molecule has 2 radical (unpaired) electrons. The number of carbonyl (C=O) groups is 5. The summed E-state index contributed by atoms with van der Waals surface area (Å²) in [5, 5.41) is 11.2. The van der Waals surface area contributed by atoms with E-state index in [0.29, 0.717) is 74.6 Å². The SMILES string of the molecule is [Ac].[Ac].[C-]#N.[K+].[NH-]C[C@H]1CN(c2ccc(N3CCC(=O)CC3)c(F)c2)C(=O)O1.[NH-]C[C@H]1CN(c2ccc(N3CCC4(CC3)NC(=O)NC4=O)c(F)c2)C(=O)O1. The fourth-order valence-corrected chi connectivity index (χ4v) is 6.52. The van der Waals surface area contributed by atoms with Crippen LogP contribution in [0.15, 0.2) is 36.4 Å². The molecule has 5 heterocycles. The summed E-state index contributed by atoms with van der Waals surface area (Å²) in [4.78, 5) is 64.5. The van der Waals surface area contributed by atoms with Crippen molar-refractivity contribution in [1.29, 1.82) is 5.26 Å². The Hall–Kier alpha value is -1.02. The van der Waals surface area contributed by atoms with Crippen LogP contribution in [0.3, 0.4) is 0 Å². The van der Waals surface area contributed by atoms with Crippen LogP contribution in [-0.4, -0.2) is 100 Å². The fraction of sp³-hybridized carbons (Fsp3) is 0.455. The van der Waals surface area contributed by atoms with E-state index in [-0.39, 0.29) is 177 Å². The van der Waals surface area contributed by atoms with E-state index in [9.17, 15) is 32.8 Å². The standard InChI is InChI=1S/C17H19FN5O4.C15H17FN3O3.CN.2Ac.K/c18-12-7-10(23-9-11(8-19)27-16(23)26)1-2-13(12)22-5-3-17(4-6-22)14(24)20-15(25)21-17;16-13-7-10(19-9-12(8-17)22-15(19)21)1-2-14(13)18-5-3-11(20)4-6-18;1-2;;;/h1-2,7,11,19H,3-6,8-9H2,(H2,20,21,24,25);1-2,7,12,17H,3-6,8-9H2;;;;/q3*-1;;;+1/t11-;12-;;;;/m00..../s1. The summed E-state index contributed by atoms with van der Waals surface area (Å²) in [5.41, 5.74) is 15.3. The van der Waals surface area contributed by atoms with Gasteiger partial charge in [-0.25, -0.2) is 23.2 Å².